The summed E-state index contributed by atoms with van der Waals surface area (Å²) in [5.41, 5.74) is 1.99. The third kappa shape index (κ3) is 4.58. The van der Waals surface area contributed by atoms with E-state index in [4.69, 9.17) is 0 Å². The number of benzene rings is 2. The van der Waals surface area contributed by atoms with Gasteiger partial charge in [-0.2, -0.15) is 0 Å². The molecule has 2 amide bonds. The molecule has 1 aliphatic rings. The second kappa shape index (κ2) is 7.97. The van der Waals surface area contributed by atoms with Gasteiger partial charge in [-0.3, -0.25) is 9.59 Å². The van der Waals surface area contributed by atoms with Crippen LogP contribution >= 0.6 is 0 Å². The van der Waals surface area contributed by atoms with Gasteiger partial charge in [0.2, 0.25) is 0 Å². The monoisotopic (exact) mass is 356 g/mol. The largest absolute Gasteiger partial charge is 0.369 e. The molecule has 7 heteroatoms. The fraction of sp³-hybridized carbons (Fsp3) is 0.263. The van der Waals surface area contributed by atoms with Crippen molar-refractivity contribution in [2.24, 2.45) is 0 Å². The fourth-order valence-electron chi connectivity index (χ4n) is 2.73. The van der Waals surface area contributed by atoms with Gasteiger partial charge in [-0.05, 0) is 55.6 Å². The zero-order valence-electron chi connectivity index (χ0n) is 14.5. The van der Waals surface area contributed by atoms with Gasteiger partial charge in [0.1, 0.15) is 5.82 Å². The number of likely N-dealkylation sites (N-methyl/N-ethyl adjacent to an activating group) is 1. The second-order valence-electron chi connectivity index (χ2n) is 6.25. The zero-order chi connectivity index (χ0) is 18.5. The first-order chi connectivity index (χ1) is 12.5. The first-order valence-electron chi connectivity index (χ1n) is 8.43. The fourth-order valence-corrected chi connectivity index (χ4v) is 2.73. The highest BCUT2D eigenvalue weighted by molar-refractivity contribution is 6.43. The number of anilines is 3. The van der Waals surface area contributed by atoms with Crippen LogP contribution in [-0.4, -0.2) is 49.9 Å². The predicted octanol–water partition coefficient (Wildman–Crippen LogP) is 2.15. The highest BCUT2D eigenvalue weighted by atomic mass is 19.1. The molecule has 0 saturated carbocycles. The van der Waals surface area contributed by atoms with E-state index < -0.39 is 17.6 Å². The lowest BCUT2D eigenvalue weighted by atomic mass is 10.2. The summed E-state index contributed by atoms with van der Waals surface area (Å²) in [5, 5.41) is 4.98. The van der Waals surface area contributed by atoms with E-state index in [-0.39, 0.29) is 0 Å². The van der Waals surface area contributed by atoms with E-state index in [9.17, 15) is 14.0 Å². The van der Waals surface area contributed by atoms with Gasteiger partial charge in [0.25, 0.3) is 0 Å². The number of rotatable bonds is 3. The lowest BCUT2D eigenvalue weighted by Gasteiger charge is -2.34. The van der Waals surface area contributed by atoms with E-state index in [2.05, 4.69) is 27.5 Å². The molecular weight excluding hydrogens is 335 g/mol. The van der Waals surface area contributed by atoms with Crippen molar-refractivity contribution in [1.82, 2.24) is 4.90 Å². The minimum Gasteiger partial charge on any atom is -0.369 e. The molecule has 0 spiro atoms. The van der Waals surface area contributed by atoms with Crippen molar-refractivity contribution in [2.45, 2.75) is 0 Å². The first kappa shape index (κ1) is 17.9. The van der Waals surface area contributed by atoms with Crippen molar-refractivity contribution < 1.29 is 14.0 Å². The summed E-state index contributed by atoms with van der Waals surface area (Å²) >= 11 is 0. The number of piperazine rings is 1. The quantitative estimate of drug-likeness (QED) is 0.828. The molecule has 26 heavy (non-hydrogen) atoms. The van der Waals surface area contributed by atoms with Crippen LogP contribution in [0, 0.1) is 5.82 Å². The lowest BCUT2D eigenvalue weighted by Crippen LogP contribution is -2.44. The summed E-state index contributed by atoms with van der Waals surface area (Å²) in [4.78, 5) is 28.5. The normalized spacial score (nSPS) is 14.8. The molecule has 1 saturated heterocycles. The maximum Gasteiger partial charge on any atom is 0.314 e. The summed E-state index contributed by atoms with van der Waals surface area (Å²) in [6.45, 7) is 3.95. The Morgan fingerprint density at radius 3 is 1.77 bits per heavy atom. The maximum atomic E-state index is 12.9. The van der Waals surface area contributed by atoms with E-state index in [0.29, 0.717) is 11.4 Å². The summed E-state index contributed by atoms with van der Waals surface area (Å²) in [6, 6.07) is 12.6. The molecule has 136 valence electrons. The topological polar surface area (TPSA) is 64.7 Å². The molecule has 0 atom stereocenters. The third-order valence-electron chi connectivity index (χ3n) is 4.30. The van der Waals surface area contributed by atoms with Crippen molar-refractivity contribution in [1.29, 1.82) is 0 Å². The third-order valence-corrected chi connectivity index (χ3v) is 4.30. The first-order valence-corrected chi connectivity index (χ1v) is 8.43. The minimum absolute atomic E-state index is 0.358. The average Bonchev–Trinajstić information content (AvgIpc) is 2.65. The minimum atomic E-state index is -0.806. The number of amides is 2. The van der Waals surface area contributed by atoms with Gasteiger partial charge in [0, 0.05) is 43.2 Å². The molecule has 0 aromatic heterocycles. The number of carbonyl (C=O) groups excluding carboxylic acids is 2. The van der Waals surface area contributed by atoms with Gasteiger partial charge in [0.05, 0.1) is 0 Å². The van der Waals surface area contributed by atoms with E-state index >= 15 is 0 Å². The van der Waals surface area contributed by atoms with Crippen molar-refractivity contribution in [3.63, 3.8) is 0 Å². The Morgan fingerprint density at radius 2 is 1.27 bits per heavy atom. The molecule has 3 rings (SSSR count). The van der Waals surface area contributed by atoms with Crippen molar-refractivity contribution in [3.8, 4) is 0 Å². The second-order valence-corrected chi connectivity index (χ2v) is 6.25. The van der Waals surface area contributed by atoms with Gasteiger partial charge >= 0.3 is 11.8 Å². The highest BCUT2D eigenvalue weighted by Gasteiger charge is 2.16. The standard InChI is InChI=1S/C19H21FN4O2/c1-23-10-12-24(13-11-23)17-8-6-16(7-9-17)22-19(26)18(25)21-15-4-2-14(20)3-5-15/h2-9H,10-13H2,1H3,(H,21,25)(H,22,26). The molecule has 0 unspecified atom stereocenters. The molecule has 0 aliphatic carbocycles. The van der Waals surface area contributed by atoms with Crippen LogP contribution in [-0.2, 0) is 9.59 Å². The van der Waals surface area contributed by atoms with Gasteiger partial charge < -0.3 is 20.4 Å². The van der Waals surface area contributed by atoms with Crippen LogP contribution in [0.1, 0.15) is 0 Å². The Morgan fingerprint density at radius 1 is 0.808 bits per heavy atom. The van der Waals surface area contributed by atoms with E-state index in [1.165, 1.54) is 24.3 Å². The van der Waals surface area contributed by atoms with Crippen LogP contribution in [0.4, 0.5) is 21.5 Å². The zero-order valence-corrected chi connectivity index (χ0v) is 14.5. The van der Waals surface area contributed by atoms with Gasteiger partial charge in [0.15, 0.2) is 0 Å². The molecule has 2 N–H and O–H groups in total. The van der Waals surface area contributed by atoms with Crippen LogP contribution in [0.2, 0.25) is 0 Å². The van der Waals surface area contributed by atoms with Crippen molar-refractivity contribution in [2.75, 3.05) is 48.8 Å². The highest BCUT2D eigenvalue weighted by Crippen LogP contribution is 2.19. The summed E-state index contributed by atoms with van der Waals surface area (Å²) in [7, 11) is 2.10. The predicted molar refractivity (Wildman–Crippen MR) is 99.8 cm³/mol. The molecule has 2 aromatic rings. The Kier molecular flexibility index (Phi) is 5.48. The Bertz CT molecular complexity index is 769. The lowest BCUT2D eigenvalue weighted by molar-refractivity contribution is -0.132. The Labute approximate surface area is 151 Å². The van der Waals surface area contributed by atoms with E-state index in [1.54, 1.807) is 12.1 Å². The molecule has 0 bridgehead atoms. The molecule has 1 heterocycles. The number of nitrogens with zero attached hydrogens (tertiary/aromatic N) is 2. The summed E-state index contributed by atoms with van der Waals surface area (Å²) in [6.07, 6.45) is 0. The number of hydrogen-bond acceptors (Lipinski definition) is 4. The molecule has 1 aliphatic heterocycles. The van der Waals surface area contributed by atoms with Crippen LogP contribution in [0.15, 0.2) is 48.5 Å². The molecule has 0 radical (unpaired) electrons. The molecular formula is C19H21FN4O2. The Balaban J connectivity index is 1.55. The van der Waals surface area contributed by atoms with E-state index in [0.717, 1.165) is 31.9 Å². The van der Waals surface area contributed by atoms with Crippen molar-refractivity contribution >= 4 is 28.9 Å². The van der Waals surface area contributed by atoms with E-state index in [1.807, 2.05) is 12.1 Å². The van der Waals surface area contributed by atoms with Crippen molar-refractivity contribution in [3.05, 3.63) is 54.3 Å². The van der Waals surface area contributed by atoms with Crippen LogP contribution in [0.25, 0.3) is 0 Å². The smallest absolute Gasteiger partial charge is 0.314 e. The van der Waals surface area contributed by atoms with Gasteiger partial charge in [-0.1, -0.05) is 0 Å². The van der Waals surface area contributed by atoms with Crippen LogP contribution in [0.3, 0.4) is 0 Å². The molecule has 1 fully saturated rings. The van der Waals surface area contributed by atoms with Crippen LogP contribution < -0.4 is 15.5 Å². The SMILES string of the molecule is CN1CCN(c2ccc(NC(=O)C(=O)Nc3ccc(F)cc3)cc2)CC1. The maximum absolute atomic E-state index is 12.9. The summed E-state index contributed by atoms with van der Waals surface area (Å²) in [5.74, 6) is -1.99. The van der Waals surface area contributed by atoms with Gasteiger partial charge in [-0.15, -0.1) is 0 Å². The molecule has 6 nitrogen and oxygen atoms in total. The number of halogens is 1. The number of carbonyl (C=O) groups is 2. The molecule has 2 aromatic carbocycles. The van der Waals surface area contributed by atoms with Crippen LogP contribution in [0.5, 0.6) is 0 Å². The Hall–Kier alpha value is -2.93. The number of nitrogens with one attached hydrogen (secondary N) is 2. The number of hydrogen-bond donors (Lipinski definition) is 2. The average molecular weight is 356 g/mol. The van der Waals surface area contributed by atoms with Gasteiger partial charge in [-0.25, -0.2) is 4.39 Å². The summed E-state index contributed by atoms with van der Waals surface area (Å²) < 4.78 is 12.9.